The monoisotopic (exact) mass is 312 g/mol. The van der Waals surface area contributed by atoms with Gasteiger partial charge in [0.25, 0.3) is 0 Å². The normalized spacial score (nSPS) is 12.0. The minimum absolute atomic E-state index is 0.111. The van der Waals surface area contributed by atoms with E-state index >= 15 is 0 Å². The highest BCUT2D eigenvalue weighted by Crippen LogP contribution is 2.19. The summed E-state index contributed by atoms with van der Waals surface area (Å²) in [7, 11) is 0. The van der Waals surface area contributed by atoms with Gasteiger partial charge in [-0.1, -0.05) is 62.4 Å². The molecule has 0 aliphatic carbocycles. The van der Waals surface area contributed by atoms with Gasteiger partial charge < -0.3 is 15.8 Å². The Morgan fingerprint density at radius 2 is 1.74 bits per heavy atom. The van der Waals surface area contributed by atoms with Crippen LogP contribution in [-0.2, 0) is 17.9 Å². The number of hydrogen-bond donors (Lipinski definition) is 2. The zero-order valence-electron chi connectivity index (χ0n) is 13.7. The first-order valence-electron chi connectivity index (χ1n) is 7.86. The van der Waals surface area contributed by atoms with Crippen molar-refractivity contribution in [2.75, 3.05) is 0 Å². The van der Waals surface area contributed by atoms with E-state index < -0.39 is 6.04 Å². The zero-order valence-corrected chi connectivity index (χ0v) is 13.7. The lowest BCUT2D eigenvalue weighted by Gasteiger charge is -2.16. The maximum Gasteiger partial charge on any atom is 0.237 e. The van der Waals surface area contributed by atoms with Crippen molar-refractivity contribution in [3.63, 3.8) is 0 Å². The Kier molecular flexibility index (Phi) is 6.18. The number of amides is 1. The molecule has 4 heteroatoms. The van der Waals surface area contributed by atoms with Crippen LogP contribution in [0.25, 0.3) is 0 Å². The number of nitrogens with one attached hydrogen (secondary N) is 1. The second kappa shape index (κ2) is 8.34. The first kappa shape index (κ1) is 17.0. The van der Waals surface area contributed by atoms with Gasteiger partial charge in [-0.05, 0) is 17.5 Å². The summed E-state index contributed by atoms with van der Waals surface area (Å²) in [4.78, 5) is 12.0. The Morgan fingerprint density at radius 3 is 2.43 bits per heavy atom. The molecule has 0 saturated carbocycles. The van der Waals surface area contributed by atoms with Crippen molar-refractivity contribution in [1.29, 1.82) is 0 Å². The fourth-order valence-electron chi connectivity index (χ4n) is 2.13. The average molecular weight is 312 g/mol. The fraction of sp³-hybridized carbons (Fsp3) is 0.316. The summed E-state index contributed by atoms with van der Waals surface area (Å²) in [5.41, 5.74) is 7.90. The van der Waals surface area contributed by atoms with Gasteiger partial charge in [-0.2, -0.15) is 0 Å². The quantitative estimate of drug-likeness (QED) is 0.826. The van der Waals surface area contributed by atoms with Crippen LogP contribution in [0.5, 0.6) is 5.75 Å². The third kappa shape index (κ3) is 5.11. The summed E-state index contributed by atoms with van der Waals surface area (Å²) in [6.07, 6.45) is 0. The minimum Gasteiger partial charge on any atom is -0.489 e. The summed E-state index contributed by atoms with van der Waals surface area (Å²) < 4.78 is 5.88. The van der Waals surface area contributed by atoms with Gasteiger partial charge in [0.1, 0.15) is 12.4 Å². The second-order valence-electron chi connectivity index (χ2n) is 5.87. The number of benzene rings is 2. The van der Waals surface area contributed by atoms with E-state index in [1.807, 2.05) is 68.4 Å². The average Bonchev–Trinajstić information content (AvgIpc) is 2.58. The van der Waals surface area contributed by atoms with Gasteiger partial charge in [-0.15, -0.1) is 0 Å². The van der Waals surface area contributed by atoms with Crippen LogP contribution >= 0.6 is 0 Å². The van der Waals surface area contributed by atoms with Gasteiger partial charge in [-0.25, -0.2) is 0 Å². The molecule has 0 radical (unpaired) electrons. The predicted octanol–water partition coefficient (Wildman–Crippen LogP) is 2.87. The molecule has 1 amide bonds. The number of carbonyl (C=O) groups is 1. The molecule has 1 unspecified atom stereocenters. The summed E-state index contributed by atoms with van der Waals surface area (Å²) in [5, 5.41) is 2.87. The summed E-state index contributed by atoms with van der Waals surface area (Å²) >= 11 is 0. The van der Waals surface area contributed by atoms with Crippen LogP contribution in [-0.4, -0.2) is 11.9 Å². The highest BCUT2D eigenvalue weighted by atomic mass is 16.5. The Bertz CT molecular complexity index is 626. The maximum atomic E-state index is 12.0. The fourth-order valence-corrected chi connectivity index (χ4v) is 2.13. The predicted molar refractivity (Wildman–Crippen MR) is 91.9 cm³/mol. The molecule has 0 aliphatic rings. The number of para-hydroxylation sites is 1. The molecular weight excluding hydrogens is 288 g/mol. The molecule has 0 fully saturated rings. The first-order chi connectivity index (χ1) is 11.1. The second-order valence-corrected chi connectivity index (χ2v) is 5.87. The van der Waals surface area contributed by atoms with Crippen molar-refractivity contribution in [2.24, 2.45) is 11.7 Å². The Labute approximate surface area is 137 Å². The number of carbonyl (C=O) groups excluding carboxylic acids is 1. The van der Waals surface area contributed by atoms with E-state index in [1.54, 1.807) is 0 Å². The van der Waals surface area contributed by atoms with Crippen molar-refractivity contribution >= 4 is 5.91 Å². The van der Waals surface area contributed by atoms with Crippen LogP contribution < -0.4 is 15.8 Å². The molecule has 2 rings (SSSR count). The van der Waals surface area contributed by atoms with Crippen LogP contribution in [0.3, 0.4) is 0 Å². The molecule has 23 heavy (non-hydrogen) atoms. The molecule has 3 N–H and O–H groups in total. The molecule has 0 spiro atoms. The molecule has 1 atom stereocenters. The van der Waals surface area contributed by atoms with E-state index in [0.717, 1.165) is 16.9 Å². The molecule has 0 saturated heterocycles. The largest absolute Gasteiger partial charge is 0.489 e. The van der Waals surface area contributed by atoms with Crippen LogP contribution in [0.15, 0.2) is 54.6 Å². The molecule has 0 bridgehead atoms. The lowest BCUT2D eigenvalue weighted by atomic mass is 10.0. The minimum atomic E-state index is -0.493. The van der Waals surface area contributed by atoms with Crippen molar-refractivity contribution in [3.05, 3.63) is 65.7 Å². The van der Waals surface area contributed by atoms with Crippen LogP contribution in [0.2, 0.25) is 0 Å². The first-order valence-corrected chi connectivity index (χ1v) is 7.86. The van der Waals surface area contributed by atoms with Crippen LogP contribution in [0.4, 0.5) is 0 Å². The Morgan fingerprint density at radius 1 is 1.09 bits per heavy atom. The van der Waals surface area contributed by atoms with Gasteiger partial charge in [-0.3, -0.25) is 4.79 Å². The van der Waals surface area contributed by atoms with E-state index in [-0.39, 0.29) is 11.8 Å². The highest BCUT2D eigenvalue weighted by Gasteiger charge is 2.17. The highest BCUT2D eigenvalue weighted by molar-refractivity contribution is 5.81. The SMILES string of the molecule is CC(C)C(N)C(=O)NCc1ccccc1OCc1ccccc1. The number of hydrogen-bond acceptors (Lipinski definition) is 3. The van der Waals surface area contributed by atoms with Crippen molar-refractivity contribution in [2.45, 2.75) is 33.0 Å². The molecule has 4 nitrogen and oxygen atoms in total. The third-order valence-electron chi connectivity index (χ3n) is 3.68. The number of ether oxygens (including phenoxy) is 1. The van der Waals surface area contributed by atoms with Crippen molar-refractivity contribution in [1.82, 2.24) is 5.32 Å². The number of rotatable bonds is 7. The molecule has 122 valence electrons. The Balaban J connectivity index is 1.96. The zero-order chi connectivity index (χ0) is 16.7. The van der Waals surface area contributed by atoms with Crippen molar-refractivity contribution in [3.8, 4) is 5.75 Å². The molecule has 0 aromatic heterocycles. The van der Waals surface area contributed by atoms with Gasteiger partial charge in [0.15, 0.2) is 0 Å². The molecule has 0 aliphatic heterocycles. The van der Waals surface area contributed by atoms with E-state index in [4.69, 9.17) is 10.5 Å². The molecule has 0 heterocycles. The summed E-state index contributed by atoms with van der Waals surface area (Å²) in [6.45, 7) is 4.77. The third-order valence-corrected chi connectivity index (χ3v) is 3.68. The van der Waals surface area contributed by atoms with E-state index in [9.17, 15) is 4.79 Å². The van der Waals surface area contributed by atoms with Gasteiger partial charge >= 0.3 is 0 Å². The topological polar surface area (TPSA) is 64.4 Å². The smallest absolute Gasteiger partial charge is 0.237 e. The van der Waals surface area contributed by atoms with Crippen molar-refractivity contribution < 1.29 is 9.53 Å². The van der Waals surface area contributed by atoms with E-state index in [0.29, 0.717) is 13.2 Å². The maximum absolute atomic E-state index is 12.0. The van der Waals surface area contributed by atoms with Crippen LogP contribution in [0, 0.1) is 5.92 Å². The van der Waals surface area contributed by atoms with Crippen LogP contribution in [0.1, 0.15) is 25.0 Å². The van der Waals surface area contributed by atoms with Gasteiger partial charge in [0.05, 0.1) is 6.04 Å². The molecular formula is C19H24N2O2. The standard InChI is InChI=1S/C19H24N2O2/c1-14(2)18(20)19(22)21-12-16-10-6-7-11-17(16)23-13-15-8-4-3-5-9-15/h3-11,14,18H,12-13,20H2,1-2H3,(H,21,22). The molecule has 2 aromatic carbocycles. The molecule has 2 aromatic rings. The lowest BCUT2D eigenvalue weighted by molar-refractivity contribution is -0.123. The van der Waals surface area contributed by atoms with E-state index in [1.165, 1.54) is 0 Å². The Hall–Kier alpha value is -2.33. The van der Waals surface area contributed by atoms with Gasteiger partial charge in [0.2, 0.25) is 5.91 Å². The summed E-state index contributed by atoms with van der Waals surface area (Å²) in [6, 6.07) is 17.2. The summed E-state index contributed by atoms with van der Waals surface area (Å²) in [5.74, 6) is 0.743. The number of nitrogens with two attached hydrogens (primary N) is 1. The lowest BCUT2D eigenvalue weighted by Crippen LogP contribution is -2.43. The van der Waals surface area contributed by atoms with E-state index in [2.05, 4.69) is 5.32 Å². The van der Waals surface area contributed by atoms with Gasteiger partial charge in [0, 0.05) is 12.1 Å².